The zero-order chi connectivity index (χ0) is 25.9. The van der Waals surface area contributed by atoms with Gasteiger partial charge in [0, 0.05) is 18.6 Å². The summed E-state index contributed by atoms with van der Waals surface area (Å²) in [6.45, 7) is 2.29. The quantitative estimate of drug-likeness (QED) is 0.145. The Bertz CT molecular complexity index is 830. The fourth-order valence-electron chi connectivity index (χ4n) is 5.56. The average molecular weight is 500 g/mol. The van der Waals surface area contributed by atoms with Crippen molar-refractivity contribution in [2.45, 2.75) is 121 Å². The summed E-state index contributed by atoms with van der Waals surface area (Å²) >= 11 is 0. The number of rotatable bonds is 20. The number of hydrogen-bond acceptors (Lipinski definition) is 3. The summed E-state index contributed by atoms with van der Waals surface area (Å²) in [5.41, 5.74) is 2.69. The van der Waals surface area contributed by atoms with Gasteiger partial charge in [0.15, 0.2) is 0 Å². The zero-order valence-electron chi connectivity index (χ0n) is 23.3. The standard InChI is InChI=1S/C34H49N3/c1-2-3-4-5-6-7-8-9-10-11-12-13-14-15-16-20-27-34(31-24-17-21-28-35-31,32-25-18-22-29-36-32)33-26-19-23-30-37-33/h17-19,21-26,28-30H,2-16,20,27H2,1H3. The summed E-state index contributed by atoms with van der Waals surface area (Å²) in [4.78, 5) is 14.4. The van der Waals surface area contributed by atoms with Gasteiger partial charge >= 0.3 is 0 Å². The smallest absolute Gasteiger partial charge is 0.0966 e. The molecule has 0 unspecified atom stereocenters. The topological polar surface area (TPSA) is 38.7 Å². The third-order valence-electron chi connectivity index (χ3n) is 7.71. The van der Waals surface area contributed by atoms with Crippen molar-refractivity contribution in [1.29, 1.82) is 0 Å². The highest BCUT2D eigenvalue weighted by molar-refractivity contribution is 5.42. The van der Waals surface area contributed by atoms with Crippen LogP contribution in [0, 0.1) is 0 Å². The summed E-state index contributed by atoms with van der Waals surface area (Å²) in [5.74, 6) is 0. The van der Waals surface area contributed by atoms with E-state index in [4.69, 9.17) is 15.0 Å². The average Bonchev–Trinajstić information content (AvgIpc) is 2.96. The maximum Gasteiger partial charge on any atom is 0.0966 e. The van der Waals surface area contributed by atoms with Crippen molar-refractivity contribution >= 4 is 0 Å². The molecule has 3 nitrogen and oxygen atoms in total. The van der Waals surface area contributed by atoms with E-state index < -0.39 is 5.41 Å². The second kappa shape index (κ2) is 17.8. The molecule has 0 atom stereocenters. The Morgan fingerprint density at radius 1 is 0.432 bits per heavy atom. The summed E-state index contributed by atoms with van der Waals surface area (Å²) in [5, 5.41) is 0. The second-order valence-electron chi connectivity index (χ2n) is 10.6. The zero-order valence-corrected chi connectivity index (χ0v) is 23.3. The number of pyridine rings is 3. The van der Waals surface area contributed by atoms with Crippen LogP contribution in [-0.4, -0.2) is 15.0 Å². The summed E-state index contributed by atoms with van der Waals surface area (Å²) in [6, 6.07) is 18.6. The van der Waals surface area contributed by atoms with Gasteiger partial charge in [-0.3, -0.25) is 15.0 Å². The van der Waals surface area contributed by atoms with E-state index in [1.807, 2.05) is 36.8 Å². The Balaban J connectivity index is 1.41. The van der Waals surface area contributed by atoms with Gasteiger partial charge in [-0.2, -0.15) is 0 Å². The first kappa shape index (κ1) is 29.0. The number of unbranched alkanes of at least 4 members (excludes halogenated alkanes) is 15. The van der Waals surface area contributed by atoms with Crippen molar-refractivity contribution in [3.63, 3.8) is 0 Å². The van der Waals surface area contributed by atoms with Crippen LogP contribution in [0.4, 0.5) is 0 Å². The van der Waals surface area contributed by atoms with E-state index in [1.165, 1.54) is 96.3 Å². The molecule has 0 spiro atoms. The van der Waals surface area contributed by atoms with E-state index >= 15 is 0 Å². The number of aromatic nitrogens is 3. The van der Waals surface area contributed by atoms with E-state index in [0.29, 0.717) is 0 Å². The molecule has 37 heavy (non-hydrogen) atoms. The van der Waals surface area contributed by atoms with Crippen LogP contribution in [0.15, 0.2) is 73.2 Å². The molecule has 0 aliphatic rings. The molecule has 0 aromatic carbocycles. The summed E-state index contributed by atoms with van der Waals surface area (Å²) in [6.07, 6.45) is 28.7. The lowest BCUT2D eigenvalue weighted by Gasteiger charge is -2.32. The van der Waals surface area contributed by atoms with Crippen molar-refractivity contribution in [3.05, 3.63) is 90.3 Å². The van der Waals surface area contributed by atoms with Crippen LogP contribution in [0.25, 0.3) is 0 Å². The van der Waals surface area contributed by atoms with Crippen molar-refractivity contribution in [1.82, 2.24) is 15.0 Å². The molecule has 0 aliphatic carbocycles. The van der Waals surface area contributed by atoms with Gasteiger partial charge in [-0.25, -0.2) is 0 Å². The van der Waals surface area contributed by atoms with Crippen LogP contribution in [-0.2, 0) is 5.41 Å². The maximum absolute atomic E-state index is 4.82. The third-order valence-corrected chi connectivity index (χ3v) is 7.71. The second-order valence-corrected chi connectivity index (χ2v) is 10.6. The maximum atomic E-state index is 4.82. The van der Waals surface area contributed by atoms with E-state index in [-0.39, 0.29) is 0 Å². The molecule has 0 fully saturated rings. The SMILES string of the molecule is CCCCCCCCCCCCCCCCCCC(c1ccccn1)(c1ccccn1)c1ccccn1. The van der Waals surface area contributed by atoms with Crippen LogP contribution in [0.2, 0.25) is 0 Å². The van der Waals surface area contributed by atoms with Gasteiger partial charge in [0.05, 0.1) is 22.5 Å². The normalized spacial score (nSPS) is 11.6. The predicted octanol–water partition coefficient (Wildman–Crippen LogP) is 9.86. The molecule has 3 heteroatoms. The molecule has 0 saturated heterocycles. The molecule has 3 aromatic heterocycles. The van der Waals surface area contributed by atoms with E-state index in [1.54, 1.807) is 0 Å². The van der Waals surface area contributed by atoms with Gasteiger partial charge in [-0.1, -0.05) is 128 Å². The molecule has 3 heterocycles. The lowest BCUT2D eigenvalue weighted by Crippen LogP contribution is -2.32. The first-order valence-corrected chi connectivity index (χ1v) is 15.1. The van der Waals surface area contributed by atoms with Crippen molar-refractivity contribution in [2.24, 2.45) is 0 Å². The lowest BCUT2D eigenvalue weighted by molar-refractivity contribution is 0.467. The molecule has 3 aromatic rings. The van der Waals surface area contributed by atoms with Crippen LogP contribution < -0.4 is 0 Å². The Kier molecular flexibility index (Phi) is 14.0. The van der Waals surface area contributed by atoms with Crippen LogP contribution >= 0.6 is 0 Å². The van der Waals surface area contributed by atoms with Gasteiger partial charge in [0.1, 0.15) is 0 Å². The van der Waals surface area contributed by atoms with Crippen LogP contribution in [0.3, 0.4) is 0 Å². The molecular formula is C34H49N3. The van der Waals surface area contributed by atoms with E-state index in [0.717, 1.165) is 29.9 Å². The molecular weight excluding hydrogens is 450 g/mol. The minimum atomic E-state index is -0.417. The molecule has 0 radical (unpaired) electrons. The van der Waals surface area contributed by atoms with E-state index in [2.05, 4.69) is 43.3 Å². The minimum absolute atomic E-state index is 0.417. The Hall–Kier alpha value is -2.55. The van der Waals surface area contributed by atoms with Gasteiger partial charge in [0.2, 0.25) is 0 Å². The van der Waals surface area contributed by atoms with Crippen LogP contribution in [0.1, 0.15) is 133 Å². The van der Waals surface area contributed by atoms with Gasteiger partial charge in [-0.05, 0) is 42.8 Å². The highest BCUT2D eigenvalue weighted by Gasteiger charge is 2.39. The largest absolute Gasteiger partial charge is 0.260 e. The Morgan fingerprint density at radius 2 is 0.757 bits per heavy atom. The Morgan fingerprint density at radius 3 is 1.05 bits per heavy atom. The number of hydrogen-bond donors (Lipinski definition) is 0. The molecule has 3 rings (SSSR count). The minimum Gasteiger partial charge on any atom is -0.260 e. The van der Waals surface area contributed by atoms with Crippen molar-refractivity contribution in [3.8, 4) is 0 Å². The molecule has 0 saturated carbocycles. The van der Waals surface area contributed by atoms with Gasteiger partial charge in [-0.15, -0.1) is 0 Å². The fourth-order valence-corrected chi connectivity index (χ4v) is 5.56. The number of nitrogens with zero attached hydrogens (tertiary/aromatic N) is 3. The van der Waals surface area contributed by atoms with Gasteiger partial charge in [0.25, 0.3) is 0 Å². The third kappa shape index (κ3) is 9.68. The highest BCUT2D eigenvalue weighted by Crippen LogP contribution is 2.40. The molecule has 0 bridgehead atoms. The summed E-state index contributed by atoms with van der Waals surface area (Å²) < 4.78 is 0. The van der Waals surface area contributed by atoms with Crippen molar-refractivity contribution < 1.29 is 0 Å². The lowest BCUT2D eigenvalue weighted by atomic mass is 9.73. The molecule has 0 N–H and O–H groups in total. The fraction of sp³-hybridized carbons (Fsp3) is 0.559. The monoisotopic (exact) mass is 499 g/mol. The molecule has 200 valence electrons. The van der Waals surface area contributed by atoms with E-state index in [9.17, 15) is 0 Å². The first-order chi connectivity index (χ1) is 18.4. The molecule has 0 aliphatic heterocycles. The Labute approximate surface area is 226 Å². The summed E-state index contributed by atoms with van der Waals surface area (Å²) in [7, 11) is 0. The predicted molar refractivity (Wildman–Crippen MR) is 157 cm³/mol. The molecule has 0 amide bonds. The first-order valence-electron chi connectivity index (χ1n) is 15.1. The highest BCUT2D eigenvalue weighted by atomic mass is 14.8. The van der Waals surface area contributed by atoms with Crippen LogP contribution in [0.5, 0.6) is 0 Å². The van der Waals surface area contributed by atoms with Gasteiger partial charge < -0.3 is 0 Å². The van der Waals surface area contributed by atoms with Crippen molar-refractivity contribution in [2.75, 3.05) is 0 Å².